The molecule has 0 bridgehead atoms. The molecular formula is C19H13ClF3N5O2. The molecular weight excluding hydrogens is 423 g/mol. The first-order valence-electron chi connectivity index (χ1n) is 8.62. The van der Waals surface area contributed by atoms with Gasteiger partial charge in [-0.15, -0.1) is 18.3 Å². The normalized spacial score (nSPS) is 11.6. The van der Waals surface area contributed by atoms with Gasteiger partial charge in [0.2, 0.25) is 5.82 Å². The van der Waals surface area contributed by atoms with Crippen molar-refractivity contribution in [2.75, 3.05) is 0 Å². The van der Waals surface area contributed by atoms with E-state index in [2.05, 4.69) is 25.0 Å². The van der Waals surface area contributed by atoms with Crippen molar-refractivity contribution in [3.63, 3.8) is 0 Å². The number of aryl methyl sites for hydroxylation is 1. The highest BCUT2D eigenvalue weighted by Crippen LogP contribution is 2.28. The van der Waals surface area contributed by atoms with Gasteiger partial charge in [-0.05, 0) is 48.9 Å². The molecule has 0 fully saturated rings. The fraction of sp³-hybridized carbons (Fsp3) is 0.158. The van der Waals surface area contributed by atoms with Crippen LogP contribution in [0.1, 0.15) is 11.4 Å². The first-order valence-corrected chi connectivity index (χ1v) is 9.00. The molecule has 4 rings (SSSR count). The lowest BCUT2D eigenvalue weighted by Crippen LogP contribution is -2.16. The van der Waals surface area contributed by atoms with Gasteiger partial charge in [-0.1, -0.05) is 16.8 Å². The van der Waals surface area contributed by atoms with Crippen LogP contribution in [0.5, 0.6) is 5.75 Å². The number of rotatable bonds is 5. The molecule has 0 atom stereocenters. The third-order valence-electron chi connectivity index (χ3n) is 4.09. The summed E-state index contributed by atoms with van der Waals surface area (Å²) in [4.78, 5) is 8.34. The van der Waals surface area contributed by atoms with E-state index in [9.17, 15) is 13.2 Å². The van der Waals surface area contributed by atoms with Crippen molar-refractivity contribution in [2.24, 2.45) is 0 Å². The van der Waals surface area contributed by atoms with Crippen molar-refractivity contribution in [1.29, 1.82) is 0 Å². The van der Waals surface area contributed by atoms with Crippen LogP contribution in [-0.2, 0) is 6.54 Å². The molecule has 0 spiro atoms. The van der Waals surface area contributed by atoms with E-state index < -0.39 is 6.36 Å². The molecule has 0 saturated carbocycles. The third-order valence-corrected chi connectivity index (χ3v) is 4.30. The molecule has 0 amide bonds. The smallest absolute Gasteiger partial charge is 0.406 e. The second kappa shape index (κ2) is 7.79. The molecule has 3 heterocycles. The van der Waals surface area contributed by atoms with Crippen molar-refractivity contribution in [2.45, 2.75) is 19.8 Å². The average Bonchev–Trinajstić information content (AvgIpc) is 3.29. The molecule has 0 radical (unpaired) electrons. The zero-order valence-corrected chi connectivity index (χ0v) is 16.1. The van der Waals surface area contributed by atoms with Crippen molar-refractivity contribution in [3.05, 3.63) is 65.2 Å². The highest BCUT2D eigenvalue weighted by Gasteiger charge is 2.31. The van der Waals surface area contributed by atoms with Gasteiger partial charge in [-0.25, -0.2) is 14.6 Å². The zero-order valence-electron chi connectivity index (χ0n) is 15.4. The number of nitrogens with zero attached hydrogens (tertiary/aromatic N) is 5. The van der Waals surface area contributed by atoms with E-state index in [-0.39, 0.29) is 5.75 Å². The molecule has 11 heteroatoms. The van der Waals surface area contributed by atoms with Gasteiger partial charge in [0.15, 0.2) is 11.5 Å². The largest absolute Gasteiger partial charge is 0.573 e. The number of halogens is 4. The minimum absolute atomic E-state index is 0.321. The van der Waals surface area contributed by atoms with Crippen LogP contribution < -0.4 is 4.74 Å². The Labute approximate surface area is 173 Å². The van der Waals surface area contributed by atoms with E-state index in [4.69, 9.17) is 16.1 Å². The summed E-state index contributed by atoms with van der Waals surface area (Å²) in [6.45, 7) is 2.26. The van der Waals surface area contributed by atoms with Crippen LogP contribution in [0.4, 0.5) is 13.2 Å². The Bertz CT molecular complexity index is 1170. The Balaban J connectivity index is 1.53. The first kappa shape index (κ1) is 19.9. The molecule has 1 aromatic carbocycles. The van der Waals surface area contributed by atoms with E-state index in [1.54, 1.807) is 29.9 Å². The van der Waals surface area contributed by atoms with Crippen molar-refractivity contribution < 1.29 is 22.4 Å². The number of hydrogen-bond acceptors (Lipinski definition) is 6. The first-order chi connectivity index (χ1) is 14.3. The monoisotopic (exact) mass is 435 g/mol. The van der Waals surface area contributed by atoms with Crippen LogP contribution in [0.25, 0.3) is 22.8 Å². The van der Waals surface area contributed by atoms with Crippen LogP contribution in [0, 0.1) is 6.92 Å². The summed E-state index contributed by atoms with van der Waals surface area (Å²) >= 11 is 5.91. The number of hydrogen-bond donors (Lipinski definition) is 0. The van der Waals surface area contributed by atoms with Gasteiger partial charge in [0.05, 0.1) is 6.54 Å². The lowest BCUT2D eigenvalue weighted by molar-refractivity contribution is -0.274. The zero-order chi connectivity index (χ0) is 21.3. The second-order valence-electron chi connectivity index (χ2n) is 6.28. The molecule has 4 aromatic rings. The van der Waals surface area contributed by atoms with Gasteiger partial charge in [0, 0.05) is 17.8 Å². The number of aromatic nitrogens is 5. The minimum atomic E-state index is -4.75. The number of pyridine rings is 1. The lowest BCUT2D eigenvalue weighted by Gasteiger charge is -2.08. The molecule has 0 N–H and O–H groups in total. The van der Waals surface area contributed by atoms with Gasteiger partial charge >= 0.3 is 6.36 Å². The average molecular weight is 436 g/mol. The molecule has 0 aliphatic rings. The minimum Gasteiger partial charge on any atom is -0.406 e. The van der Waals surface area contributed by atoms with E-state index in [0.29, 0.717) is 40.4 Å². The maximum absolute atomic E-state index is 12.3. The van der Waals surface area contributed by atoms with Gasteiger partial charge in [0.1, 0.15) is 16.7 Å². The predicted octanol–water partition coefficient (Wildman–Crippen LogP) is 4.90. The Morgan fingerprint density at radius 3 is 2.60 bits per heavy atom. The maximum atomic E-state index is 12.3. The molecule has 7 nitrogen and oxygen atoms in total. The summed E-state index contributed by atoms with van der Waals surface area (Å²) in [6.07, 6.45) is -3.13. The standard InChI is InChI=1S/C19H13ClF3N5O2/c1-11-25-18(26-28(11)10-12-6-7-24-17(20)8-12)15-9-16(30-27-15)13-2-4-14(5-3-13)29-19(21,22)23/h2-9H,10H2,1H3. The number of benzene rings is 1. The lowest BCUT2D eigenvalue weighted by atomic mass is 10.1. The van der Waals surface area contributed by atoms with Gasteiger partial charge in [-0.2, -0.15) is 0 Å². The summed E-state index contributed by atoms with van der Waals surface area (Å²) in [5, 5.41) is 8.79. The molecule has 0 aliphatic carbocycles. The van der Waals surface area contributed by atoms with E-state index >= 15 is 0 Å². The fourth-order valence-corrected chi connectivity index (χ4v) is 2.93. The summed E-state index contributed by atoms with van der Waals surface area (Å²) in [5.41, 5.74) is 1.85. The van der Waals surface area contributed by atoms with Crippen LogP contribution in [0.3, 0.4) is 0 Å². The molecule has 30 heavy (non-hydrogen) atoms. The Hall–Kier alpha value is -3.40. The third kappa shape index (κ3) is 4.60. The summed E-state index contributed by atoms with van der Waals surface area (Å²) < 4.78 is 47.7. The summed E-state index contributed by atoms with van der Waals surface area (Å²) in [7, 11) is 0. The summed E-state index contributed by atoms with van der Waals surface area (Å²) in [5.74, 6) is 1.06. The quantitative estimate of drug-likeness (QED) is 0.415. The maximum Gasteiger partial charge on any atom is 0.573 e. The van der Waals surface area contributed by atoms with Gasteiger partial charge < -0.3 is 9.26 Å². The Morgan fingerprint density at radius 2 is 1.90 bits per heavy atom. The predicted molar refractivity (Wildman–Crippen MR) is 101 cm³/mol. The van der Waals surface area contributed by atoms with Crippen LogP contribution in [0.15, 0.2) is 53.2 Å². The topological polar surface area (TPSA) is 78.9 Å². The van der Waals surface area contributed by atoms with Crippen molar-refractivity contribution in [3.8, 4) is 28.6 Å². The molecule has 154 valence electrons. The summed E-state index contributed by atoms with van der Waals surface area (Å²) in [6, 6.07) is 10.5. The van der Waals surface area contributed by atoms with Crippen LogP contribution in [0.2, 0.25) is 5.15 Å². The number of ether oxygens (including phenoxy) is 1. The Morgan fingerprint density at radius 1 is 1.13 bits per heavy atom. The van der Waals surface area contributed by atoms with E-state index in [0.717, 1.165) is 5.56 Å². The molecule has 3 aromatic heterocycles. The van der Waals surface area contributed by atoms with Crippen LogP contribution in [-0.4, -0.2) is 31.3 Å². The van der Waals surface area contributed by atoms with Crippen LogP contribution >= 0.6 is 11.6 Å². The van der Waals surface area contributed by atoms with Crippen molar-refractivity contribution in [1.82, 2.24) is 24.9 Å². The van der Waals surface area contributed by atoms with Gasteiger partial charge in [-0.3, -0.25) is 0 Å². The highest BCUT2D eigenvalue weighted by molar-refractivity contribution is 6.29. The molecule has 0 unspecified atom stereocenters. The molecule has 0 saturated heterocycles. The van der Waals surface area contributed by atoms with E-state index in [1.165, 1.54) is 24.3 Å². The van der Waals surface area contributed by atoms with E-state index in [1.807, 2.05) is 6.07 Å². The highest BCUT2D eigenvalue weighted by atomic mass is 35.5. The fourth-order valence-electron chi connectivity index (χ4n) is 2.73. The Kier molecular flexibility index (Phi) is 5.17. The van der Waals surface area contributed by atoms with Crippen molar-refractivity contribution >= 4 is 11.6 Å². The second-order valence-corrected chi connectivity index (χ2v) is 6.66. The van der Waals surface area contributed by atoms with Gasteiger partial charge in [0.25, 0.3) is 0 Å². The molecule has 0 aliphatic heterocycles. The SMILES string of the molecule is Cc1nc(-c2cc(-c3ccc(OC(F)(F)F)cc3)on2)nn1Cc1ccnc(Cl)c1. The number of alkyl halides is 3.